The SMILES string of the molecule is COc1ccc(NC(=O)C2=C(C)NC(=S)N[C@H]2c2ccc(Cl)cc2)cc1. The Morgan fingerprint density at radius 3 is 2.42 bits per heavy atom. The number of benzene rings is 2. The van der Waals surface area contributed by atoms with Crippen LogP contribution in [0.4, 0.5) is 5.69 Å². The fraction of sp³-hybridized carbons (Fsp3) is 0.158. The van der Waals surface area contributed by atoms with Gasteiger partial charge in [0.15, 0.2) is 5.11 Å². The molecule has 1 atom stereocenters. The van der Waals surface area contributed by atoms with Crippen LogP contribution in [0.2, 0.25) is 5.02 Å². The lowest BCUT2D eigenvalue weighted by atomic mass is 9.95. The highest BCUT2D eigenvalue weighted by Crippen LogP contribution is 2.29. The molecule has 0 unspecified atom stereocenters. The summed E-state index contributed by atoms with van der Waals surface area (Å²) in [5, 5.41) is 10.2. The molecule has 134 valence electrons. The standard InChI is InChI=1S/C19H18ClN3O2S/c1-11-16(18(24)22-14-7-9-15(25-2)10-8-14)17(23-19(26)21-11)12-3-5-13(20)6-4-12/h3-10,17H,1-2H3,(H,22,24)(H2,21,23,26)/t17-/m0/s1. The quantitative estimate of drug-likeness (QED) is 0.697. The molecule has 1 heterocycles. The van der Waals surface area contributed by atoms with E-state index in [9.17, 15) is 4.79 Å². The molecular weight excluding hydrogens is 370 g/mol. The number of amides is 1. The molecule has 7 heteroatoms. The van der Waals surface area contributed by atoms with Gasteiger partial charge in [0.25, 0.3) is 5.91 Å². The lowest BCUT2D eigenvalue weighted by Crippen LogP contribution is -2.45. The summed E-state index contributed by atoms with van der Waals surface area (Å²) in [5.41, 5.74) is 2.85. The lowest BCUT2D eigenvalue weighted by molar-refractivity contribution is -0.113. The highest BCUT2D eigenvalue weighted by molar-refractivity contribution is 7.80. The van der Waals surface area contributed by atoms with E-state index in [-0.39, 0.29) is 11.9 Å². The second-order valence-corrected chi connectivity index (χ2v) is 6.65. The molecule has 0 aromatic heterocycles. The topological polar surface area (TPSA) is 62.4 Å². The van der Waals surface area contributed by atoms with Crippen LogP contribution in [0.25, 0.3) is 0 Å². The number of anilines is 1. The van der Waals surface area contributed by atoms with Gasteiger partial charge in [0.05, 0.1) is 18.7 Å². The number of halogens is 1. The molecule has 0 fully saturated rings. The van der Waals surface area contributed by atoms with Crippen molar-refractivity contribution in [1.82, 2.24) is 10.6 Å². The monoisotopic (exact) mass is 387 g/mol. The van der Waals surface area contributed by atoms with E-state index in [1.54, 1.807) is 43.5 Å². The van der Waals surface area contributed by atoms with E-state index in [0.29, 0.717) is 27.1 Å². The van der Waals surface area contributed by atoms with Gasteiger partial charge in [0.1, 0.15) is 5.75 Å². The predicted molar refractivity (Wildman–Crippen MR) is 107 cm³/mol. The van der Waals surface area contributed by atoms with E-state index < -0.39 is 0 Å². The van der Waals surface area contributed by atoms with Gasteiger partial charge in [-0.3, -0.25) is 4.79 Å². The first kappa shape index (κ1) is 18.2. The van der Waals surface area contributed by atoms with Gasteiger partial charge in [-0.25, -0.2) is 0 Å². The average Bonchev–Trinajstić information content (AvgIpc) is 2.62. The Bertz CT molecular complexity index is 863. The Morgan fingerprint density at radius 1 is 1.15 bits per heavy atom. The van der Waals surface area contributed by atoms with Crippen LogP contribution >= 0.6 is 23.8 Å². The average molecular weight is 388 g/mol. The Morgan fingerprint density at radius 2 is 1.81 bits per heavy atom. The van der Waals surface area contributed by atoms with Crippen LogP contribution < -0.4 is 20.7 Å². The maximum atomic E-state index is 12.9. The number of hydrogen-bond donors (Lipinski definition) is 3. The number of rotatable bonds is 4. The first-order valence-corrected chi connectivity index (χ1v) is 8.75. The fourth-order valence-electron chi connectivity index (χ4n) is 2.77. The number of nitrogens with one attached hydrogen (secondary N) is 3. The molecule has 0 saturated heterocycles. The largest absolute Gasteiger partial charge is 0.497 e. The van der Waals surface area contributed by atoms with Crippen LogP contribution in [0.15, 0.2) is 59.8 Å². The molecule has 1 amide bonds. The molecule has 5 nitrogen and oxygen atoms in total. The minimum absolute atomic E-state index is 0.213. The van der Waals surface area contributed by atoms with E-state index >= 15 is 0 Å². The molecular formula is C19H18ClN3O2S. The second-order valence-electron chi connectivity index (χ2n) is 5.80. The van der Waals surface area contributed by atoms with Crippen molar-refractivity contribution >= 4 is 40.5 Å². The fourth-order valence-corrected chi connectivity index (χ4v) is 3.17. The highest BCUT2D eigenvalue weighted by atomic mass is 35.5. The van der Waals surface area contributed by atoms with Crippen LogP contribution in [-0.2, 0) is 4.79 Å². The van der Waals surface area contributed by atoms with E-state index in [1.165, 1.54) is 0 Å². The molecule has 0 bridgehead atoms. The molecule has 2 aromatic rings. The summed E-state index contributed by atoms with van der Waals surface area (Å²) in [4.78, 5) is 12.9. The Labute approximate surface area is 162 Å². The third-order valence-corrected chi connectivity index (χ3v) is 4.54. The van der Waals surface area contributed by atoms with Crippen molar-refractivity contribution in [3.8, 4) is 5.75 Å². The molecule has 0 spiro atoms. The zero-order valence-corrected chi connectivity index (χ0v) is 15.9. The predicted octanol–water partition coefficient (Wildman–Crippen LogP) is 3.78. The van der Waals surface area contributed by atoms with Crippen LogP contribution in [0.1, 0.15) is 18.5 Å². The smallest absolute Gasteiger partial charge is 0.255 e. The number of allylic oxidation sites excluding steroid dienone is 1. The number of ether oxygens (including phenoxy) is 1. The first-order valence-electron chi connectivity index (χ1n) is 7.97. The number of carbonyl (C=O) groups is 1. The van der Waals surface area contributed by atoms with Gasteiger partial charge >= 0.3 is 0 Å². The van der Waals surface area contributed by atoms with Crippen molar-refractivity contribution < 1.29 is 9.53 Å². The van der Waals surface area contributed by atoms with Crippen molar-refractivity contribution in [2.24, 2.45) is 0 Å². The van der Waals surface area contributed by atoms with Crippen molar-refractivity contribution in [2.45, 2.75) is 13.0 Å². The highest BCUT2D eigenvalue weighted by Gasteiger charge is 2.29. The summed E-state index contributed by atoms with van der Waals surface area (Å²) < 4.78 is 5.14. The molecule has 0 aliphatic carbocycles. The molecule has 1 aliphatic heterocycles. The van der Waals surface area contributed by atoms with Gasteiger partial charge < -0.3 is 20.7 Å². The number of methoxy groups -OCH3 is 1. The molecule has 0 radical (unpaired) electrons. The number of hydrogen-bond acceptors (Lipinski definition) is 3. The summed E-state index contributed by atoms with van der Waals surface area (Å²) in [5.74, 6) is 0.513. The molecule has 1 aliphatic rings. The molecule has 3 rings (SSSR count). The zero-order chi connectivity index (χ0) is 18.7. The first-order chi connectivity index (χ1) is 12.5. The molecule has 0 saturated carbocycles. The number of thiocarbonyl (C=S) groups is 1. The summed E-state index contributed by atoms with van der Waals surface area (Å²) in [7, 11) is 1.60. The van der Waals surface area contributed by atoms with Crippen molar-refractivity contribution in [3.63, 3.8) is 0 Å². The van der Waals surface area contributed by atoms with Gasteiger partial charge in [-0.1, -0.05) is 23.7 Å². The van der Waals surface area contributed by atoms with E-state index in [4.69, 9.17) is 28.6 Å². The summed E-state index contributed by atoms with van der Waals surface area (Å²) in [6.45, 7) is 1.83. The van der Waals surface area contributed by atoms with Gasteiger partial charge in [-0.15, -0.1) is 0 Å². The Hall–Kier alpha value is -2.57. The molecule has 26 heavy (non-hydrogen) atoms. The summed E-state index contributed by atoms with van der Waals surface area (Å²) >= 11 is 11.2. The third-order valence-electron chi connectivity index (χ3n) is 4.06. The second kappa shape index (κ2) is 7.76. The van der Waals surface area contributed by atoms with Crippen molar-refractivity contribution in [2.75, 3.05) is 12.4 Å². The summed E-state index contributed by atoms with van der Waals surface area (Å²) in [6, 6.07) is 14.1. The van der Waals surface area contributed by atoms with Crippen LogP contribution in [0.3, 0.4) is 0 Å². The van der Waals surface area contributed by atoms with Gasteiger partial charge in [-0.05, 0) is 61.1 Å². The Kier molecular flexibility index (Phi) is 5.44. The minimum Gasteiger partial charge on any atom is -0.497 e. The van der Waals surface area contributed by atoms with Crippen molar-refractivity contribution in [3.05, 3.63) is 70.4 Å². The zero-order valence-electron chi connectivity index (χ0n) is 14.3. The van der Waals surface area contributed by atoms with Crippen LogP contribution in [-0.4, -0.2) is 18.1 Å². The maximum absolute atomic E-state index is 12.9. The normalized spacial score (nSPS) is 16.6. The van der Waals surface area contributed by atoms with E-state index in [1.807, 2.05) is 19.1 Å². The Balaban J connectivity index is 1.89. The van der Waals surface area contributed by atoms with Crippen LogP contribution in [0, 0.1) is 0 Å². The summed E-state index contributed by atoms with van der Waals surface area (Å²) in [6.07, 6.45) is 0. The van der Waals surface area contributed by atoms with E-state index in [2.05, 4.69) is 16.0 Å². The van der Waals surface area contributed by atoms with E-state index in [0.717, 1.165) is 11.3 Å². The lowest BCUT2D eigenvalue weighted by Gasteiger charge is -2.30. The molecule has 2 aromatic carbocycles. The van der Waals surface area contributed by atoms with Gasteiger partial charge in [0.2, 0.25) is 0 Å². The number of carbonyl (C=O) groups excluding carboxylic acids is 1. The third kappa shape index (κ3) is 3.98. The van der Waals surface area contributed by atoms with Crippen molar-refractivity contribution in [1.29, 1.82) is 0 Å². The minimum atomic E-state index is -0.362. The van der Waals surface area contributed by atoms with Crippen LogP contribution in [0.5, 0.6) is 5.75 Å². The molecule has 3 N–H and O–H groups in total. The maximum Gasteiger partial charge on any atom is 0.255 e. The van der Waals surface area contributed by atoms with Gasteiger partial charge in [-0.2, -0.15) is 0 Å². The van der Waals surface area contributed by atoms with Gasteiger partial charge in [0, 0.05) is 16.4 Å².